The lowest BCUT2D eigenvalue weighted by Gasteiger charge is -2.12. The van der Waals surface area contributed by atoms with Crippen LogP contribution in [-0.2, 0) is 14.8 Å². The van der Waals surface area contributed by atoms with Crippen LogP contribution in [0.25, 0.3) is 0 Å². The van der Waals surface area contributed by atoms with Crippen molar-refractivity contribution in [3.63, 3.8) is 0 Å². The van der Waals surface area contributed by atoms with Gasteiger partial charge in [-0.25, -0.2) is 0 Å². The number of rotatable bonds is 7. The topological polar surface area (TPSA) is 107 Å². The first-order valence-corrected chi connectivity index (χ1v) is 8.61. The van der Waals surface area contributed by atoms with Gasteiger partial charge >= 0.3 is 33.6 Å². The molecule has 122 valence electrons. The highest BCUT2D eigenvalue weighted by Crippen LogP contribution is 2.38. The van der Waals surface area contributed by atoms with Crippen molar-refractivity contribution in [3.8, 4) is 11.8 Å². The third kappa shape index (κ3) is 3.46. The van der Waals surface area contributed by atoms with Crippen LogP contribution in [0.15, 0.2) is 6.07 Å². The lowest BCUT2D eigenvalue weighted by atomic mass is 10.0. The molecule has 1 aliphatic carbocycles. The second-order valence-electron chi connectivity index (χ2n) is 5.30. The number of nitrogens with zero attached hydrogens (tertiary/aromatic N) is 2. The Bertz CT molecular complexity index is 684. The first-order valence-electron chi connectivity index (χ1n) is 6.76. The minimum atomic E-state index is -3.78. The zero-order chi connectivity index (χ0) is 16.5. The number of carboxylic acids is 1. The van der Waals surface area contributed by atoms with Crippen LogP contribution in [0.2, 0.25) is 0 Å². The second-order valence-corrected chi connectivity index (χ2v) is 7.13. The Labute approximate surface area is 128 Å². The normalized spacial score (nSPS) is 16.1. The predicted molar refractivity (Wildman–Crippen MR) is 75.5 cm³/mol. The SMILES string of the molecule is COc1cc(OC)[n+](S(C)(=O)=O)c(C(CC2CC2)C(=O)O)n1. The predicted octanol–water partition coefficient (Wildman–Crippen LogP) is 0.162. The molecule has 8 nitrogen and oxygen atoms in total. The van der Waals surface area contributed by atoms with E-state index < -0.39 is 21.9 Å². The standard InChI is InChI=1S/C13H18N2O6S/c1-20-10-7-11(21-2)15(22(3,18)19)12(14-10)9(13(16)17)6-8-4-5-8/h7-9H,4-6H2,1-3H3/p+1. The van der Waals surface area contributed by atoms with Crippen molar-refractivity contribution < 1.29 is 31.8 Å². The molecule has 1 heterocycles. The molecule has 0 saturated heterocycles. The molecule has 22 heavy (non-hydrogen) atoms. The summed E-state index contributed by atoms with van der Waals surface area (Å²) in [5, 5.41) is 9.49. The van der Waals surface area contributed by atoms with Gasteiger partial charge in [-0.2, -0.15) is 8.42 Å². The van der Waals surface area contributed by atoms with Crippen LogP contribution in [0, 0.1) is 5.92 Å². The van der Waals surface area contributed by atoms with E-state index in [1.54, 1.807) is 0 Å². The van der Waals surface area contributed by atoms with E-state index in [4.69, 9.17) is 9.47 Å². The lowest BCUT2D eigenvalue weighted by molar-refractivity contribution is -0.535. The molecule has 0 aliphatic heterocycles. The van der Waals surface area contributed by atoms with Crippen molar-refractivity contribution in [2.24, 2.45) is 5.92 Å². The summed E-state index contributed by atoms with van der Waals surface area (Å²) in [7, 11) is -1.11. The van der Waals surface area contributed by atoms with Gasteiger partial charge < -0.3 is 14.6 Å². The van der Waals surface area contributed by atoms with E-state index in [0.717, 1.165) is 23.1 Å². The highest BCUT2D eigenvalue weighted by molar-refractivity contribution is 7.84. The van der Waals surface area contributed by atoms with Crippen LogP contribution in [0.1, 0.15) is 31.0 Å². The molecule has 1 saturated carbocycles. The maximum atomic E-state index is 12.1. The third-order valence-corrected chi connectivity index (χ3v) is 4.54. The van der Waals surface area contributed by atoms with Gasteiger partial charge in [-0.1, -0.05) is 16.8 Å². The molecule has 1 aromatic rings. The summed E-state index contributed by atoms with van der Waals surface area (Å²) in [5.41, 5.74) is 0. The average Bonchev–Trinajstić information content (AvgIpc) is 3.25. The molecular formula is C13H19N2O6S+. The summed E-state index contributed by atoms with van der Waals surface area (Å²) in [4.78, 5) is 15.7. The average molecular weight is 331 g/mol. The first-order chi connectivity index (χ1) is 10.3. The Kier molecular flexibility index (Phi) is 4.55. The van der Waals surface area contributed by atoms with E-state index in [1.165, 1.54) is 20.3 Å². The van der Waals surface area contributed by atoms with Gasteiger partial charge in [-0.05, 0) is 17.3 Å². The summed E-state index contributed by atoms with van der Waals surface area (Å²) < 4.78 is 35.1. The van der Waals surface area contributed by atoms with Gasteiger partial charge in [0, 0.05) is 0 Å². The van der Waals surface area contributed by atoms with E-state index in [2.05, 4.69) is 4.98 Å². The number of aliphatic carboxylic acids is 1. The quantitative estimate of drug-likeness (QED) is 0.709. The zero-order valence-electron chi connectivity index (χ0n) is 12.6. The second kappa shape index (κ2) is 6.07. The van der Waals surface area contributed by atoms with Gasteiger partial charge in [0.05, 0.1) is 20.5 Å². The fourth-order valence-electron chi connectivity index (χ4n) is 2.27. The fraction of sp³-hybridized carbons (Fsp3) is 0.615. The van der Waals surface area contributed by atoms with Crippen LogP contribution >= 0.6 is 0 Å². The van der Waals surface area contributed by atoms with Crippen molar-refractivity contribution >= 4 is 16.0 Å². The Hall–Kier alpha value is -1.90. The third-order valence-electron chi connectivity index (χ3n) is 3.51. The molecular weight excluding hydrogens is 312 g/mol. The minimum Gasteiger partial charge on any atom is -0.481 e. The first kappa shape index (κ1) is 16.5. The van der Waals surface area contributed by atoms with Crippen molar-refractivity contribution in [2.45, 2.75) is 25.2 Å². The molecule has 1 atom stereocenters. The largest absolute Gasteiger partial charge is 0.481 e. The number of carboxylic acid groups (broad SMARTS) is 1. The molecule has 0 amide bonds. The molecule has 1 unspecified atom stereocenters. The molecule has 0 spiro atoms. The summed E-state index contributed by atoms with van der Waals surface area (Å²) >= 11 is 0. The van der Waals surface area contributed by atoms with E-state index in [1.807, 2.05) is 0 Å². The number of carbonyl (C=O) groups is 1. The van der Waals surface area contributed by atoms with Crippen LogP contribution in [0.3, 0.4) is 0 Å². The van der Waals surface area contributed by atoms with Gasteiger partial charge in [0.25, 0.3) is 0 Å². The summed E-state index contributed by atoms with van der Waals surface area (Å²) in [6, 6.07) is 1.31. The lowest BCUT2D eigenvalue weighted by Crippen LogP contribution is -2.49. The maximum absolute atomic E-state index is 12.1. The summed E-state index contributed by atoms with van der Waals surface area (Å²) in [5.74, 6) is -1.90. The molecule has 1 aromatic heterocycles. The van der Waals surface area contributed by atoms with Crippen LogP contribution in [-0.4, -0.2) is 45.0 Å². The molecule has 9 heteroatoms. The highest BCUT2D eigenvalue weighted by Gasteiger charge is 2.41. The molecule has 1 fully saturated rings. The van der Waals surface area contributed by atoms with Gasteiger partial charge in [-0.3, -0.25) is 4.79 Å². The molecule has 2 rings (SSSR count). The van der Waals surface area contributed by atoms with E-state index in [-0.39, 0.29) is 23.5 Å². The number of aromatic nitrogens is 2. The maximum Gasteiger partial charge on any atom is 0.335 e. The molecule has 1 aliphatic rings. The number of hydrogen-bond acceptors (Lipinski definition) is 6. The van der Waals surface area contributed by atoms with Crippen molar-refractivity contribution in [1.29, 1.82) is 0 Å². The zero-order valence-corrected chi connectivity index (χ0v) is 13.5. The van der Waals surface area contributed by atoms with E-state index in [0.29, 0.717) is 6.42 Å². The van der Waals surface area contributed by atoms with E-state index >= 15 is 0 Å². The summed E-state index contributed by atoms with van der Waals surface area (Å²) in [6.45, 7) is 0. The minimum absolute atomic E-state index is 0.0357. The summed E-state index contributed by atoms with van der Waals surface area (Å²) in [6.07, 6.45) is 3.21. The Morgan fingerprint density at radius 3 is 2.50 bits per heavy atom. The van der Waals surface area contributed by atoms with Gasteiger partial charge in [0.2, 0.25) is 0 Å². The van der Waals surface area contributed by atoms with Gasteiger partial charge in [0.1, 0.15) is 6.07 Å². The highest BCUT2D eigenvalue weighted by atomic mass is 32.2. The van der Waals surface area contributed by atoms with E-state index in [9.17, 15) is 18.3 Å². The van der Waals surface area contributed by atoms with Crippen molar-refractivity contribution in [3.05, 3.63) is 11.9 Å². The molecule has 0 bridgehead atoms. The Morgan fingerprint density at radius 1 is 1.45 bits per heavy atom. The number of ether oxygens (including phenoxy) is 2. The monoisotopic (exact) mass is 331 g/mol. The molecule has 1 N–H and O–H groups in total. The smallest absolute Gasteiger partial charge is 0.335 e. The molecule has 0 aromatic carbocycles. The van der Waals surface area contributed by atoms with Crippen LogP contribution < -0.4 is 13.4 Å². The van der Waals surface area contributed by atoms with Crippen molar-refractivity contribution in [2.75, 3.05) is 20.5 Å². The van der Waals surface area contributed by atoms with Crippen LogP contribution in [0.5, 0.6) is 11.8 Å². The van der Waals surface area contributed by atoms with Crippen LogP contribution in [0.4, 0.5) is 0 Å². The van der Waals surface area contributed by atoms with Gasteiger partial charge in [0.15, 0.2) is 5.92 Å². The Morgan fingerprint density at radius 2 is 2.09 bits per heavy atom. The fourth-order valence-corrected chi connectivity index (χ4v) is 3.23. The van der Waals surface area contributed by atoms with Gasteiger partial charge in [-0.15, -0.1) is 0 Å². The number of methoxy groups -OCH3 is 2. The van der Waals surface area contributed by atoms with Crippen molar-refractivity contribution in [1.82, 2.24) is 4.98 Å². The molecule has 0 radical (unpaired) electrons. The Balaban J connectivity index is 2.66. The number of hydrogen-bond donors (Lipinski definition) is 1.